The van der Waals surface area contributed by atoms with Gasteiger partial charge in [0.1, 0.15) is 18.2 Å². The summed E-state index contributed by atoms with van der Waals surface area (Å²) in [5.74, 6) is 0.723. The molecule has 2 heterocycles. The van der Waals surface area contributed by atoms with Crippen molar-refractivity contribution in [3.63, 3.8) is 0 Å². The molecule has 0 aromatic carbocycles. The fraction of sp³-hybridized carbons (Fsp3) is 0.273. The molecule has 0 aliphatic rings. The van der Waals surface area contributed by atoms with Crippen molar-refractivity contribution in [2.75, 3.05) is 5.32 Å². The van der Waals surface area contributed by atoms with Crippen LogP contribution < -0.4 is 5.32 Å². The van der Waals surface area contributed by atoms with Gasteiger partial charge in [-0.15, -0.1) is 0 Å². The molecule has 2 rings (SSSR count). The van der Waals surface area contributed by atoms with Gasteiger partial charge in [-0.2, -0.15) is 10.4 Å². The molecule has 0 fully saturated rings. The number of pyridine rings is 1. The first-order chi connectivity index (χ1) is 8.20. The van der Waals surface area contributed by atoms with Crippen LogP contribution in [-0.2, 0) is 6.54 Å². The predicted molar refractivity (Wildman–Crippen MR) is 62.1 cm³/mol. The third-order valence-corrected chi connectivity index (χ3v) is 2.35. The fourth-order valence-electron chi connectivity index (χ4n) is 1.60. The van der Waals surface area contributed by atoms with E-state index in [1.54, 1.807) is 0 Å². The van der Waals surface area contributed by atoms with E-state index in [0.29, 0.717) is 12.1 Å². The van der Waals surface area contributed by atoms with Crippen molar-refractivity contribution in [3.05, 3.63) is 35.2 Å². The molecule has 0 spiro atoms. The Morgan fingerprint density at radius 3 is 2.94 bits per heavy atom. The average Bonchev–Trinajstić information content (AvgIpc) is 2.78. The molecule has 2 N–H and O–H groups in total. The average molecular weight is 228 g/mol. The maximum atomic E-state index is 9.08. The van der Waals surface area contributed by atoms with Crippen LogP contribution >= 0.6 is 0 Å². The zero-order valence-electron chi connectivity index (χ0n) is 9.65. The molecule has 0 saturated heterocycles. The summed E-state index contributed by atoms with van der Waals surface area (Å²) in [5.41, 5.74) is 2.94. The second kappa shape index (κ2) is 4.61. The Morgan fingerprint density at radius 2 is 2.29 bits per heavy atom. The van der Waals surface area contributed by atoms with E-state index in [-0.39, 0.29) is 0 Å². The molecule has 2 aromatic heterocycles. The van der Waals surface area contributed by atoms with Crippen LogP contribution in [0.15, 0.2) is 12.4 Å². The van der Waals surface area contributed by atoms with E-state index in [1.807, 2.05) is 19.9 Å². The molecule has 17 heavy (non-hydrogen) atoms. The van der Waals surface area contributed by atoms with Gasteiger partial charge in [-0.1, -0.05) is 0 Å². The minimum atomic E-state index is 0.498. The monoisotopic (exact) mass is 228 g/mol. The minimum Gasteiger partial charge on any atom is -0.377 e. The highest BCUT2D eigenvalue weighted by molar-refractivity contribution is 5.59. The van der Waals surface area contributed by atoms with Crippen molar-refractivity contribution >= 4 is 5.69 Å². The molecule has 0 bridgehead atoms. The first kappa shape index (κ1) is 11.1. The molecule has 0 aliphatic heterocycles. The van der Waals surface area contributed by atoms with E-state index in [0.717, 1.165) is 22.9 Å². The molecular formula is C11H12N6. The van der Waals surface area contributed by atoms with Gasteiger partial charge in [0.05, 0.1) is 23.5 Å². The molecule has 0 atom stereocenters. The van der Waals surface area contributed by atoms with Crippen LogP contribution in [0.25, 0.3) is 0 Å². The van der Waals surface area contributed by atoms with Crippen LogP contribution in [0.3, 0.4) is 0 Å². The number of hydrogen-bond acceptors (Lipinski definition) is 5. The van der Waals surface area contributed by atoms with E-state index in [4.69, 9.17) is 5.26 Å². The number of aromatic nitrogens is 4. The lowest BCUT2D eigenvalue weighted by Crippen LogP contribution is -2.05. The number of aromatic amines is 1. The summed E-state index contributed by atoms with van der Waals surface area (Å²) < 4.78 is 0. The fourth-order valence-corrected chi connectivity index (χ4v) is 1.60. The zero-order valence-corrected chi connectivity index (χ0v) is 9.65. The Hall–Kier alpha value is -2.42. The number of nitrogens with one attached hydrogen (secondary N) is 2. The largest absolute Gasteiger partial charge is 0.377 e. The van der Waals surface area contributed by atoms with Crippen LogP contribution in [-0.4, -0.2) is 20.2 Å². The third kappa shape index (κ3) is 2.39. The van der Waals surface area contributed by atoms with E-state index in [2.05, 4.69) is 31.6 Å². The Bertz CT molecular complexity index is 552. The molecule has 86 valence electrons. The summed E-state index contributed by atoms with van der Waals surface area (Å²) in [6.07, 6.45) is 1.45. The number of nitrogens with zero attached hydrogens (tertiary/aromatic N) is 4. The van der Waals surface area contributed by atoms with Gasteiger partial charge in [-0.05, 0) is 19.9 Å². The molecular weight excluding hydrogens is 216 g/mol. The summed E-state index contributed by atoms with van der Waals surface area (Å²) in [4.78, 5) is 8.26. The van der Waals surface area contributed by atoms with Crippen LogP contribution in [0, 0.1) is 25.2 Å². The Labute approximate surface area is 98.7 Å². The van der Waals surface area contributed by atoms with Crippen molar-refractivity contribution in [2.24, 2.45) is 0 Å². The summed E-state index contributed by atoms with van der Waals surface area (Å²) in [5, 5.41) is 18.7. The van der Waals surface area contributed by atoms with E-state index in [9.17, 15) is 0 Å². The highest BCUT2D eigenvalue weighted by Crippen LogP contribution is 2.18. The standard InChI is InChI=1S/C11H12N6/c1-7-3-10(9(4-12)8(2)16-7)13-5-11-14-6-15-17-11/h3,6H,5H2,1-2H3,(H,13,16)(H,14,15,17). The SMILES string of the molecule is Cc1cc(NCc2ncn[nH]2)c(C#N)c(C)n1. The van der Waals surface area contributed by atoms with Gasteiger partial charge in [0.25, 0.3) is 0 Å². The topological polar surface area (TPSA) is 90.3 Å². The molecule has 0 amide bonds. The first-order valence-corrected chi connectivity index (χ1v) is 5.17. The maximum absolute atomic E-state index is 9.08. The van der Waals surface area contributed by atoms with E-state index >= 15 is 0 Å². The highest BCUT2D eigenvalue weighted by Gasteiger charge is 2.08. The highest BCUT2D eigenvalue weighted by atomic mass is 15.2. The van der Waals surface area contributed by atoms with E-state index < -0.39 is 0 Å². The lowest BCUT2D eigenvalue weighted by atomic mass is 10.1. The van der Waals surface area contributed by atoms with Crippen LogP contribution in [0.1, 0.15) is 22.8 Å². The molecule has 6 nitrogen and oxygen atoms in total. The van der Waals surface area contributed by atoms with Gasteiger partial charge in [-0.25, -0.2) is 4.98 Å². The van der Waals surface area contributed by atoms with Gasteiger partial charge in [0.2, 0.25) is 0 Å². The summed E-state index contributed by atoms with van der Waals surface area (Å²) >= 11 is 0. The summed E-state index contributed by atoms with van der Waals surface area (Å²) in [6, 6.07) is 4.00. The normalized spacial score (nSPS) is 9.94. The number of nitriles is 1. The van der Waals surface area contributed by atoms with Gasteiger partial charge >= 0.3 is 0 Å². The summed E-state index contributed by atoms with van der Waals surface area (Å²) in [7, 11) is 0. The lowest BCUT2D eigenvalue weighted by Gasteiger charge is -2.09. The molecule has 0 saturated carbocycles. The Balaban J connectivity index is 2.23. The molecule has 2 aromatic rings. The second-order valence-electron chi connectivity index (χ2n) is 3.67. The van der Waals surface area contributed by atoms with E-state index in [1.165, 1.54) is 6.33 Å². The van der Waals surface area contributed by atoms with Crippen LogP contribution in [0.2, 0.25) is 0 Å². The lowest BCUT2D eigenvalue weighted by molar-refractivity contribution is 0.951. The Morgan fingerprint density at radius 1 is 1.47 bits per heavy atom. The van der Waals surface area contributed by atoms with Gasteiger partial charge in [0, 0.05) is 5.69 Å². The van der Waals surface area contributed by atoms with Crippen molar-refractivity contribution in [3.8, 4) is 6.07 Å². The van der Waals surface area contributed by atoms with Crippen molar-refractivity contribution < 1.29 is 0 Å². The van der Waals surface area contributed by atoms with Crippen LogP contribution in [0.5, 0.6) is 0 Å². The zero-order chi connectivity index (χ0) is 12.3. The number of H-pyrrole nitrogens is 1. The smallest absolute Gasteiger partial charge is 0.143 e. The van der Waals surface area contributed by atoms with Gasteiger partial charge in [-0.3, -0.25) is 10.1 Å². The van der Waals surface area contributed by atoms with Gasteiger partial charge < -0.3 is 5.32 Å². The summed E-state index contributed by atoms with van der Waals surface area (Å²) in [6.45, 7) is 4.22. The molecule has 0 aliphatic carbocycles. The molecule has 0 unspecified atom stereocenters. The third-order valence-electron chi connectivity index (χ3n) is 2.35. The number of hydrogen-bond donors (Lipinski definition) is 2. The quantitative estimate of drug-likeness (QED) is 0.826. The first-order valence-electron chi connectivity index (χ1n) is 5.17. The maximum Gasteiger partial charge on any atom is 0.143 e. The van der Waals surface area contributed by atoms with Crippen molar-refractivity contribution in [1.82, 2.24) is 20.2 Å². The van der Waals surface area contributed by atoms with Crippen molar-refractivity contribution in [1.29, 1.82) is 5.26 Å². The Kier molecular flexibility index (Phi) is 3.01. The molecule has 0 radical (unpaired) electrons. The van der Waals surface area contributed by atoms with Crippen molar-refractivity contribution in [2.45, 2.75) is 20.4 Å². The van der Waals surface area contributed by atoms with Crippen LogP contribution in [0.4, 0.5) is 5.69 Å². The molecule has 6 heteroatoms. The predicted octanol–water partition coefficient (Wildman–Crippen LogP) is 1.30. The number of aryl methyl sites for hydroxylation is 2. The second-order valence-corrected chi connectivity index (χ2v) is 3.67. The number of rotatable bonds is 3. The van der Waals surface area contributed by atoms with Gasteiger partial charge in [0.15, 0.2) is 0 Å². The number of anilines is 1. The minimum absolute atomic E-state index is 0.498.